The van der Waals surface area contributed by atoms with Crippen LogP contribution in [0.3, 0.4) is 0 Å². The predicted octanol–water partition coefficient (Wildman–Crippen LogP) is 3.46. The quantitative estimate of drug-likeness (QED) is 0.247. The van der Waals surface area contributed by atoms with Crippen LogP contribution in [-0.2, 0) is 6.54 Å². The Hall–Kier alpha value is -2.16. The Morgan fingerprint density at radius 3 is 2.41 bits per heavy atom. The zero-order valence-electron chi connectivity index (χ0n) is 16.0. The monoisotopic (exact) mass is 485 g/mol. The molecule has 0 atom stereocenters. The number of aliphatic imine (C=N–C) groups is 1. The van der Waals surface area contributed by atoms with E-state index in [1.165, 1.54) is 0 Å². The predicted molar refractivity (Wildman–Crippen MR) is 120 cm³/mol. The number of halogens is 1. The van der Waals surface area contributed by atoms with Gasteiger partial charge in [0.15, 0.2) is 5.96 Å². The van der Waals surface area contributed by atoms with Crippen LogP contribution in [0.25, 0.3) is 0 Å². The molecule has 27 heavy (non-hydrogen) atoms. The van der Waals surface area contributed by atoms with E-state index < -0.39 is 0 Å². The van der Waals surface area contributed by atoms with Crippen LogP contribution in [0.1, 0.15) is 12.0 Å². The summed E-state index contributed by atoms with van der Waals surface area (Å²) in [6, 6.07) is 15.6. The molecular weight excluding hydrogens is 457 g/mol. The maximum absolute atomic E-state index is 5.67. The number of rotatable bonds is 9. The van der Waals surface area contributed by atoms with Gasteiger partial charge >= 0.3 is 0 Å². The number of benzene rings is 2. The summed E-state index contributed by atoms with van der Waals surface area (Å²) < 4.78 is 16.3. The molecule has 2 N–H and O–H groups in total. The summed E-state index contributed by atoms with van der Waals surface area (Å²) >= 11 is 0. The van der Waals surface area contributed by atoms with E-state index >= 15 is 0 Å². The Balaban J connectivity index is 0.00000364. The highest BCUT2D eigenvalue weighted by molar-refractivity contribution is 14.0. The third kappa shape index (κ3) is 7.94. The molecule has 0 radical (unpaired) electrons. The number of methoxy groups -OCH3 is 2. The van der Waals surface area contributed by atoms with E-state index in [4.69, 9.17) is 14.2 Å². The third-order valence-electron chi connectivity index (χ3n) is 3.79. The number of guanidine groups is 1. The van der Waals surface area contributed by atoms with E-state index in [2.05, 4.69) is 15.6 Å². The van der Waals surface area contributed by atoms with E-state index in [-0.39, 0.29) is 24.0 Å². The molecule has 0 unspecified atom stereocenters. The van der Waals surface area contributed by atoms with E-state index in [1.807, 2.05) is 48.5 Å². The van der Waals surface area contributed by atoms with Crippen molar-refractivity contribution < 1.29 is 14.2 Å². The summed E-state index contributed by atoms with van der Waals surface area (Å²) in [5, 5.41) is 6.56. The first kappa shape index (κ1) is 22.9. The van der Waals surface area contributed by atoms with Crippen LogP contribution in [0.2, 0.25) is 0 Å². The van der Waals surface area contributed by atoms with Crippen molar-refractivity contribution in [2.75, 3.05) is 34.4 Å². The molecule has 6 nitrogen and oxygen atoms in total. The molecule has 0 saturated heterocycles. The van der Waals surface area contributed by atoms with Crippen LogP contribution >= 0.6 is 24.0 Å². The van der Waals surface area contributed by atoms with Gasteiger partial charge in [-0.15, -0.1) is 24.0 Å². The van der Waals surface area contributed by atoms with Crippen molar-refractivity contribution in [1.82, 2.24) is 10.6 Å². The van der Waals surface area contributed by atoms with Crippen LogP contribution in [0.15, 0.2) is 53.5 Å². The molecular formula is C20H28IN3O3. The summed E-state index contributed by atoms with van der Waals surface area (Å²) in [7, 11) is 5.04. The summed E-state index contributed by atoms with van der Waals surface area (Å²) in [5.41, 5.74) is 1.03. The summed E-state index contributed by atoms with van der Waals surface area (Å²) in [4.78, 5) is 4.24. The van der Waals surface area contributed by atoms with Crippen molar-refractivity contribution in [2.45, 2.75) is 13.0 Å². The largest absolute Gasteiger partial charge is 0.497 e. The number of nitrogens with one attached hydrogen (secondary N) is 2. The summed E-state index contributed by atoms with van der Waals surface area (Å²) in [6.45, 7) is 2.03. The van der Waals surface area contributed by atoms with Crippen molar-refractivity contribution in [1.29, 1.82) is 0 Å². The Bertz CT molecular complexity index is 696. The average Bonchev–Trinajstić information content (AvgIpc) is 2.70. The molecule has 0 heterocycles. The number of nitrogens with zero attached hydrogens (tertiary/aromatic N) is 1. The smallest absolute Gasteiger partial charge is 0.191 e. The van der Waals surface area contributed by atoms with Gasteiger partial charge in [0.05, 0.1) is 20.8 Å². The molecule has 0 aliphatic rings. The maximum atomic E-state index is 5.67. The van der Waals surface area contributed by atoms with Gasteiger partial charge in [-0.05, 0) is 30.7 Å². The van der Waals surface area contributed by atoms with Crippen molar-refractivity contribution in [2.24, 2.45) is 4.99 Å². The number of ether oxygens (including phenoxy) is 3. The van der Waals surface area contributed by atoms with Gasteiger partial charge in [-0.25, -0.2) is 0 Å². The average molecular weight is 485 g/mol. The lowest BCUT2D eigenvalue weighted by atomic mass is 10.2. The first-order chi connectivity index (χ1) is 12.8. The van der Waals surface area contributed by atoms with Crippen molar-refractivity contribution in [3.63, 3.8) is 0 Å². The molecule has 0 aliphatic carbocycles. The van der Waals surface area contributed by atoms with E-state index in [0.29, 0.717) is 13.2 Å². The SMILES string of the molecule is CN=C(NCCCOc1ccccc1)NCc1ccc(OC)cc1OC.I. The summed E-state index contributed by atoms with van der Waals surface area (Å²) in [5.74, 6) is 3.18. The van der Waals surface area contributed by atoms with Gasteiger partial charge in [0.25, 0.3) is 0 Å². The molecule has 2 rings (SSSR count). The van der Waals surface area contributed by atoms with Gasteiger partial charge in [-0.3, -0.25) is 4.99 Å². The molecule has 148 valence electrons. The van der Waals surface area contributed by atoms with E-state index in [0.717, 1.165) is 41.7 Å². The normalized spacial score (nSPS) is 10.6. The third-order valence-corrected chi connectivity index (χ3v) is 3.79. The molecule has 0 aliphatic heterocycles. The molecule has 0 fully saturated rings. The Morgan fingerprint density at radius 2 is 1.74 bits per heavy atom. The number of hydrogen-bond acceptors (Lipinski definition) is 4. The fraction of sp³-hybridized carbons (Fsp3) is 0.350. The van der Waals surface area contributed by atoms with Crippen LogP contribution in [0.4, 0.5) is 0 Å². The van der Waals surface area contributed by atoms with Crippen molar-refractivity contribution in [3.05, 3.63) is 54.1 Å². The fourth-order valence-corrected chi connectivity index (χ4v) is 2.38. The molecule has 2 aromatic carbocycles. The fourth-order valence-electron chi connectivity index (χ4n) is 2.38. The highest BCUT2D eigenvalue weighted by Crippen LogP contribution is 2.24. The first-order valence-electron chi connectivity index (χ1n) is 8.60. The van der Waals surface area contributed by atoms with Gasteiger partial charge in [-0.1, -0.05) is 18.2 Å². The van der Waals surface area contributed by atoms with Gasteiger partial charge < -0.3 is 24.8 Å². The minimum atomic E-state index is 0. The summed E-state index contributed by atoms with van der Waals surface area (Å²) in [6.07, 6.45) is 0.876. The highest BCUT2D eigenvalue weighted by Gasteiger charge is 2.06. The minimum Gasteiger partial charge on any atom is -0.497 e. The molecule has 0 spiro atoms. The first-order valence-corrected chi connectivity index (χ1v) is 8.60. The zero-order chi connectivity index (χ0) is 18.6. The molecule has 0 aromatic heterocycles. The number of hydrogen-bond donors (Lipinski definition) is 2. The van der Waals surface area contributed by atoms with Gasteiger partial charge in [-0.2, -0.15) is 0 Å². The van der Waals surface area contributed by atoms with E-state index in [1.54, 1.807) is 21.3 Å². The van der Waals surface area contributed by atoms with Gasteiger partial charge in [0.1, 0.15) is 17.2 Å². The minimum absolute atomic E-state index is 0. The standard InChI is InChI=1S/C20H27N3O3.HI/c1-21-20(22-12-7-13-26-17-8-5-4-6-9-17)23-15-16-10-11-18(24-2)14-19(16)25-3;/h4-6,8-11,14H,7,12-13,15H2,1-3H3,(H2,21,22,23);1H. The van der Waals surface area contributed by atoms with E-state index in [9.17, 15) is 0 Å². The lowest BCUT2D eigenvalue weighted by molar-refractivity contribution is 0.311. The maximum Gasteiger partial charge on any atom is 0.191 e. The Morgan fingerprint density at radius 1 is 0.963 bits per heavy atom. The Labute approximate surface area is 178 Å². The van der Waals surface area contributed by atoms with Gasteiger partial charge in [0, 0.05) is 31.8 Å². The number of para-hydroxylation sites is 1. The lowest BCUT2D eigenvalue weighted by Gasteiger charge is -2.14. The second kappa shape index (κ2) is 13.1. The van der Waals surface area contributed by atoms with Crippen molar-refractivity contribution >= 4 is 29.9 Å². The molecule has 0 bridgehead atoms. The topological polar surface area (TPSA) is 64.1 Å². The highest BCUT2D eigenvalue weighted by atomic mass is 127. The molecule has 0 amide bonds. The Kier molecular flexibility index (Phi) is 11.1. The second-order valence-electron chi connectivity index (χ2n) is 5.55. The van der Waals surface area contributed by atoms with Crippen molar-refractivity contribution in [3.8, 4) is 17.2 Å². The molecule has 7 heteroatoms. The molecule has 2 aromatic rings. The van der Waals surface area contributed by atoms with Crippen LogP contribution in [-0.4, -0.2) is 40.4 Å². The molecule has 0 saturated carbocycles. The zero-order valence-corrected chi connectivity index (χ0v) is 18.4. The van der Waals surface area contributed by atoms with Crippen LogP contribution in [0.5, 0.6) is 17.2 Å². The second-order valence-corrected chi connectivity index (χ2v) is 5.55. The van der Waals surface area contributed by atoms with Crippen LogP contribution < -0.4 is 24.8 Å². The van der Waals surface area contributed by atoms with Crippen LogP contribution in [0, 0.1) is 0 Å². The van der Waals surface area contributed by atoms with Gasteiger partial charge in [0.2, 0.25) is 0 Å². The lowest BCUT2D eigenvalue weighted by Crippen LogP contribution is -2.37.